The lowest BCUT2D eigenvalue weighted by molar-refractivity contribution is 0.0947. The molecule has 0 saturated carbocycles. The van der Waals surface area contributed by atoms with E-state index in [0.29, 0.717) is 24.0 Å². The Kier molecular flexibility index (Phi) is 5.03. The van der Waals surface area contributed by atoms with Gasteiger partial charge in [-0.3, -0.25) is 4.79 Å². The van der Waals surface area contributed by atoms with Crippen LogP contribution in [0, 0.1) is 0 Å². The van der Waals surface area contributed by atoms with Crippen LogP contribution in [0.15, 0.2) is 12.3 Å². The van der Waals surface area contributed by atoms with E-state index in [1.165, 1.54) is 0 Å². The molecule has 0 unspecified atom stereocenters. The predicted octanol–water partition coefficient (Wildman–Crippen LogP) is 1.06. The lowest BCUT2D eigenvalue weighted by Gasteiger charge is -2.20. The van der Waals surface area contributed by atoms with Gasteiger partial charge in [-0.05, 0) is 39.9 Å². The van der Waals surface area contributed by atoms with Crippen LogP contribution in [-0.2, 0) is 0 Å². The molecule has 1 aromatic heterocycles. The van der Waals surface area contributed by atoms with Gasteiger partial charge in [0, 0.05) is 24.5 Å². The molecular weight excluding hydrogens is 216 g/mol. The molecule has 0 aliphatic carbocycles. The number of nitrogens with two attached hydrogens (primary N) is 1. The van der Waals surface area contributed by atoms with Crippen LogP contribution in [-0.4, -0.2) is 42.0 Å². The summed E-state index contributed by atoms with van der Waals surface area (Å²) < 4.78 is 0. The number of hydrogen-bond acceptors (Lipinski definition) is 3. The highest BCUT2D eigenvalue weighted by Crippen LogP contribution is 2.03. The Labute approximate surface area is 102 Å². The summed E-state index contributed by atoms with van der Waals surface area (Å²) in [5.74, 6) is -0.103. The molecule has 1 heterocycles. The number of aromatic nitrogens is 1. The van der Waals surface area contributed by atoms with Crippen molar-refractivity contribution in [3.8, 4) is 0 Å². The van der Waals surface area contributed by atoms with Gasteiger partial charge in [0.2, 0.25) is 0 Å². The maximum absolute atomic E-state index is 11.6. The third-order valence-corrected chi connectivity index (χ3v) is 2.80. The van der Waals surface area contributed by atoms with Gasteiger partial charge in [0.05, 0.1) is 0 Å². The van der Waals surface area contributed by atoms with E-state index in [1.807, 2.05) is 0 Å². The van der Waals surface area contributed by atoms with Gasteiger partial charge in [-0.25, -0.2) is 0 Å². The van der Waals surface area contributed by atoms with Crippen molar-refractivity contribution in [3.05, 3.63) is 18.0 Å². The van der Waals surface area contributed by atoms with Crippen molar-refractivity contribution in [1.29, 1.82) is 0 Å². The standard InChI is InChI=1S/C12H22N4O/c1-9(2)16(3)6-4-5-14-12(17)11-7-10(13)8-15-11/h7-9,15H,4-6,13H2,1-3H3,(H,14,17). The average molecular weight is 238 g/mol. The number of rotatable bonds is 6. The fourth-order valence-corrected chi connectivity index (χ4v) is 1.43. The van der Waals surface area contributed by atoms with Crippen molar-refractivity contribution < 1.29 is 4.79 Å². The Hall–Kier alpha value is -1.49. The van der Waals surface area contributed by atoms with E-state index in [-0.39, 0.29) is 5.91 Å². The first-order valence-electron chi connectivity index (χ1n) is 5.93. The number of carbonyl (C=O) groups is 1. The van der Waals surface area contributed by atoms with E-state index in [0.717, 1.165) is 13.0 Å². The number of H-pyrrole nitrogens is 1. The number of aromatic amines is 1. The topological polar surface area (TPSA) is 74.2 Å². The van der Waals surface area contributed by atoms with Gasteiger partial charge in [-0.15, -0.1) is 0 Å². The van der Waals surface area contributed by atoms with Gasteiger partial charge >= 0.3 is 0 Å². The Morgan fingerprint density at radius 2 is 2.29 bits per heavy atom. The first kappa shape index (κ1) is 13.6. The molecule has 4 N–H and O–H groups in total. The molecule has 0 aliphatic heterocycles. The molecule has 1 aromatic rings. The van der Waals surface area contributed by atoms with Crippen molar-refractivity contribution in [2.45, 2.75) is 26.3 Å². The molecule has 96 valence electrons. The van der Waals surface area contributed by atoms with Crippen LogP contribution in [0.25, 0.3) is 0 Å². The molecule has 0 bridgehead atoms. The summed E-state index contributed by atoms with van der Waals surface area (Å²) in [7, 11) is 2.08. The Bertz CT molecular complexity index is 359. The van der Waals surface area contributed by atoms with E-state index in [4.69, 9.17) is 5.73 Å². The summed E-state index contributed by atoms with van der Waals surface area (Å²) in [5, 5.41) is 2.85. The molecule has 17 heavy (non-hydrogen) atoms. The minimum atomic E-state index is -0.103. The van der Waals surface area contributed by atoms with Crippen LogP contribution in [0.3, 0.4) is 0 Å². The van der Waals surface area contributed by atoms with Gasteiger partial charge in [0.1, 0.15) is 5.69 Å². The van der Waals surface area contributed by atoms with Crippen LogP contribution < -0.4 is 11.1 Å². The van der Waals surface area contributed by atoms with Crippen LogP contribution in [0.5, 0.6) is 0 Å². The highest BCUT2D eigenvalue weighted by Gasteiger charge is 2.07. The van der Waals surface area contributed by atoms with E-state index < -0.39 is 0 Å². The fourth-order valence-electron chi connectivity index (χ4n) is 1.43. The van der Waals surface area contributed by atoms with E-state index in [9.17, 15) is 4.79 Å². The summed E-state index contributed by atoms with van der Waals surface area (Å²) in [5.41, 5.74) is 6.62. The van der Waals surface area contributed by atoms with Gasteiger partial charge in [0.15, 0.2) is 0 Å². The second-order valence-electron chi connectivity index (χ2n) is 4.53. The van der Waals surface area contributed by atoms with Crippen molar-refractivity contribution in [2.75, 3.05) is 25.9 Å². The predicted molar refractivity (Wildman–Crippen MR) is 69.9 cm³/mol. The number of amides is 1. The number of nitrogens with one attached hydrogen (secondary N) is 2. The van der Waals surface area contributed by atoms with Crippen LogP contribution in [0.2, 0.25) is 0 Å². The number of nitrogen functional groups attached to an aromatic ring is 1. The van der Waals surface area contributed by atoms with Crippen molar-refractivity contribution in [2.24, 2.45) is 0 Å². The zero-order chi connectivity index (χ0) is 12.8. The third-order valence-electron chi connectivity index (χ3n) is 2.80. The highest BCUT2D eigenvalue weighted by atomic mass is 16.1. The molecular formula is C12H22N4O. The molecule has 5 nitrogen and oxygen atoms in total. The molecule has 1 amide bonds. The molecule has 1 rings (SSSR count). The van der Waals surface area contributed by atoms with Crippen molar-refractivity contribution in [1.82, 2.24) is 15.2 Å². The fraction of sp³-hybridized carbons (Fsp3) is 0.583. The molecule has 0 atom stereocenters. The monoisotopic (exact) mass is 238 g/mol. The normalized spacial score (nSPS) is 11.1. The first-order valence-corrected chi connectivity index (χ1v) is 5.93. The quantitative estimate of drug-likeness (QED) is 0.649. The summed E-state index contributed by atoms with van der Waals surface area (Å²) in [4.78, 5) is 16.7. The zero-order valence-corrected chi connectivity index (χ0v) is 10.8. The van der Waals surface area contributed by atoms with Crippen LogP contribution in [0.4, 0.5) is 5.69 Å². The smallest absolute Gasteiger partial charge is 0.267 e. The largest absolute Gasteiger partial charge is 0.397 e. The highest BCUT2D eigenvalue weighted by molar-refractivity contribution is 5.93. The summed E-state index contributed by atoms with van der Waals surface area (Å²) in [6.07, 6.45) is 2.55. The second-order valence-corrected chi connectivity index (χ2v) is 4.53. The minimum Gasteiger partial charge on any atom is -0.397 e. The van der Waals surface area contributed by atoms with Crippen molar-refractivity contribution in [3.63, 3.8) is 0 Å². The van der Waals surface area contributed by atoms with Crippen LogP contribution >= 0.6 is 0 Å². The lowest BCUT2D eigenvalue weighted by Crippen LogP contribution is -2.31. The lowest BCUT2D eigenvalue weighted by atomic mass is 10.3. The SMILES string of the molecule is CC(C)N(C)CCCNC(=O)c1cc(N)c[nH]1. The molecule has 0 saturated heterocycles. The van der Waals surface area contributed by atoms with E-state index in [1.54, 1.807) is 12.3 Å². The number of nitrogens with zero attached hydrogens (tertiary/aromatic N) is 1. The molecule has 0 radical (unpaired) electrons. The van der Waals surface area contributed by atoms with Gasteiger partial charge < -0.3 is 20.9 Å². The maximum atomic E-state index is 11.6. The maximum Gasteiger partial charge on any atom is 0.267 e. The Balaban J connectivity index is 2.21. The van der Waals surface area contributed by atoms with Crippen molar-refractivity contribution >= 4 is 11.6 Å². The Morgan fingerprint density at radius 3 is 2.82 bits per heavy atom. The molecule has 0 fully saturated rings. The molecule has 5 heteroatoms. The average Bonchev–Trinajstić information content (AvgIpc) is 2.70. The van der Waals surface area contributed by atoms with Gasteiger partial charge in [-0.1, -0.05) is 0 Å². The molecule has 0 aliphatic rings. The second kappa shape index (κ2) is 6.30. The van der Waals surface area contributed by atoms with Gasteiger partial charge in [-0.2, -0.15) is 0 Å². The number of anilines is 1. The van der Waals surface area contributed by atoms with Crippen LogP contribution in [0.1, 0.15) is 30.8 Å². The first-order chi connectivity index (χ1) is 8.00. The van der Waals surface area contributed by atoms with E-state index >= 15 is 0 Å². The van der Waals surface area contributed by atoms with Gasteiger partial charge in [0.25, 0.3) is 5.91 Å². The molecule has 0 spiro atoms. The third kappa shape index (κ3) is 4.48. The Morgan fingerprint density at radius 1 is 1.59 bits per heavy atom. The zero-order valence-electron chi connectivity index (χ0n) is 10.8. The summed E-state index contributed by atoms with van der Waals surface area (Å²) in [6.45, 7) is 5.96. The summed E-state index contributed by atoms with van der Waals surface area (Å²) in [6, 6.07) is 2.17. The van der Waals surface area contributed by atoms with E-state index in [2.05, 4.69) is 36.1 Å². The molecule has 0 aromatic carbocycles. The number of carbonyl (C=O) groups excluding carboxylic acids is 1. The number of hydrogen-bond donors (Lipinski definition) is 3. The summed E-state index contributed by atoms with van der Waals surface area (Å²) >= 11 is 0. The minimum absolute atomic E-state index is 0.103.